The summed E-state index contributed by atoms with van der Waals surface area (Å²) in [5.74, 6) is 1.77. The third kappa shape index (κ3) is 1.88. The minimum Gasteiger partial charge on any atom is -0.493 e. The molecule has 0 bridgehead atoms. The van der Waals surface area contributed by atoms with Crippen molar-refractivity contribution >= 4 is 5.91 Å². The first-order valence-corrected chi connectivity index (χ1v) is 6.72. The van der Waals surface area contributed by atoms with Gasteiger partial charge in [0.1, 0.15) is 5.75 Å². The van der Waals surface area contributed by atoms with E-state index in [9.17, 15) is 4.79 Å². The largest absolute Gasteiger partial charge is 0.493 e. The Morgan fingerprint density at radius 1 is 1.50 bits per heavy atom. The standard InChI is InChI=1S/C15H19NO2/c1-9(15(16)17)12-8-13(12)10-4-2-6-14-11(10)5-3-7-18-14/h2,4,6,9,12-13H,3,5,7-8H2,1H3,(H2,16,17). The van der Waals surface area contributed by atoms with Gasteiger partial charge in [-0.1, -0.05) is 19.1 Å². The Bertz CT molecular complexity index is 483. The van der Waals surface area contributed by atoms with E-state index in [2.05, 4.69) is 12.1 Å². The number of rotatable bonds is 3. The summed E-state index contributed by atoms with van der Waals surface area (Å²) in [5, 5.41) is 0. The van der Waals surface area contributed by atoms with Crippen molar-refractivity contribution in [1.82, 2.24) is 0 Å². The molecule has 1 aromatic rings. The highest BCUT2D eigenvalue weighted by molar-refractivity contribution is 5.77. The Hall–Kier alpha value is -1.51. The fraction of sp³-hybridized carbons (Fsp3) is 0.533. The lowest BCUT2D eigenvalue weighted by Crippen LogP contribution is -2.22. The van der Waals surface area contributed by atoms with E-state index >= 15 is 0 Å². The second kappa shape index (κ2) is 4.30. The highest BCUT2D eigenvalue weighted by Crippen LogP contribution is 2.53. The van der Waals surface area contributed by atoms with Crippen LogP contribution in [-0.2, 0) is 11.2 Å². The zero-order chi connectivity index (χ0) is 12.7. The molecule has 1 saturated carbocycles. The van der Waals surface area contributed by atoms with Gasteiger partial charge in [0, 0.05) is 5.92 Å². The molecule has 18 heavy (non-hydrogen) atoms. The van der Waals surface area contributed by atoms with E-state index in [-0.39, 0.29) is 11.8 Å². The van der Waals surface area contributed by atoms with Gasteiger partial charge in [-0.3, -0.25) is 4.79 Å². The number of carbonyl (C=O) groups excluding carboxylic acids is 1. The van der Waals surface area contributed by atoms with Gasteiger partial charge in [0.2, 0.25) is 5.91 Å². The monoisotopic (exact) mass is 245 g/mol. The number of benzene rings is 1. The fourth-order valence-corrected chi connectivity index (χ4v) is 3.10. The molecule has 2 N–H and O–H groups in total. The lowest BCUT2D eigenvalue weighted by Gasteiger charge is -2.20. The van der Waals surface area contributed by atoms with E-state index in [1.807, 2.05) is 13.0 Å². The van der Waals surface area contributed by atoms with Crippen LogP contribution in [0.25, 0.3) is 0 Å². The number of amides is 1. The van der Waals surface area contributed by atoms with Gasteiger partial charge in [-0.2, -0.15) is 0 Å². The van der Waals surface area contributed by atoms with Crippen LogP contribution in [0.5, 0.6) is 5.75 Å². The number of ether oxygens (including phenoxy) is 1. The maximum atomic E-state index is 11.2. The summed E-state index contributed by atoms with van der Waals surface area (Å²) in [6.07, 6.45) is 3.27. The molecule has 1 aliphatic carbocycles. The van der Waals surface area contributed by atoms with E-state index in [0.717, 1.165) is 31.6 Å². The number of primary amides is 1. The van der Waals surface area contributed by atoms with Crippen LogP contribution in [-0.4, -0.2) is 12.5 Å². The molecule has 3 nitrogen and oxygen atoms in total. The molecule has 1 amide bonds. The Balaban J connectivity index is 1.84. The van der Waals surface area contributed by atoms with Crippen LogP contribution in [0.15, 0.2) is 18.2 Å². The molecule has 96 valence electrons. The molecule has 1 fully saturated rings. The first kappa shape index (κ1) is 11.6. The molecule has 3 heteroatoms. The molecule has 3 rings (SSSR count). The zero-order valence-corrected chi connectivity index (χ0v) is 10.7. The van der Waals surface area contributed by atoms with Gasteiger partial charge >= 0.3 is 0 Å². The zero-order valence-electron chi connectivity index (χ0n) is 10.7. The molecule has 0 aromatic heterocycles. The highest BCUT2D eigenvalue weighted by Gasteiger charge is 2.45. The predicted octanol–water partition coefficient (Wildman–Crippen LogP) is 2.24. The second-order valence-electron chi connectivity index (χ2n) is 5.47. The van der Waals surface area contributed by atoms with Crippen LogP contribution in [0.2, 0.25) is 0 Å². The summed E-state index contributed by atoms with van der Waals surface area (Å²) < 4.78 is 5.69. The van der Waals surface area contributed by atoms with Crippen LogP contribution in [0.4, 0.5) is 0 Å². The second-order valence-corrected chi connectivity index (χ2v) is 5.47. The summed E-state index contributed by atoms with van der Waals surface area (Å²) in [5.41, 5.74) is 8.13. The maximum absolute atomic E-state index is 11.2. The van der Waals surface area contributed by atoms with Gasteiger partial charge in [-0.05, 0) is 48.3 Å². The third-order valence-electron chi connectivity index (χ3n) is 4.33. The van der Waals surface area contributed by atoms with Crippen LogP contribution >= 0.6 is 0 Å². The third-order valence-corrected chi connectivity index (χ3v) is 4.33. The SMILES string of the molecule is CC(C(N)=O)C1CC1c1cccc2c1CCCO2. The first-order valence-electron chi connectivity index (χ1n) is 6.72. The Morgan fingerprint density at radius 3 is 3.11 bits per heavy atom. The Labute approximate surface area is 107 Å². The minimum absolute atomic E-state index is 0.0182. The van der Waals surface area contributed by atoms with Crippen molar-refractivity contribution in [2.45, 2.75) is 32.1 Å². The van der Waals surface area contributed by atoms with Crippen molar-refractivity contribution in [2.24, 2.45) is 17.6 Å². The lowest BCUT2D eigenvalue weighted by molar-refractivity contribution is -0.121. The normalized spacial score (nSPS) is 26.9. The van der Waals surface area contributed by atoms with Crippen molar-refractivity contribution in [3.63, 3.8) is 0 Å². The first-order chi connectivity index (χ1) is 8.68. The van der Waals surface area contributed by atoms with Crippen LogP contribution < -0.4 is 10.5 Å². The summed E-state index contributed by atoms with van der Waals surface area (Å²) in [4.78, 5) is 11.2. The van der Waals surface area contributed by atoms with Gasteiger partial charge in [-0.25, -0.2) is 0 Å². The Morgan fingerprint density at radius 2 is 2.33 bits per heavy atom. The maximum Gasteiger partial charge on any atom is 0.220 e. The van der Waals surface area contributed by atoms with Gasteiger partial charge in [0.15, 0.2) is 0 Å². The molecule has 1 aliphatic heterocycles. The number of carbonyl (C=O) groups is 1. The molecule has 0 radical (unpaired) electrons. The van der Waals surface area contributed by atoms with Crippen molar-refractivity contribution in [3.05, 3.63) is 29.3 Å². The summed E-state index contributed by atoms with van der Waals surface area (Å²) >= 11 is 0. The molecule has 0 spiro atoms. The van der Waals surface area contributed by atoms with Crippen molar-refractivity contribution in [3.8, 4) is 5.75 Å². The van der Waals surface area contributed by atoms with Crippen LogP contribution in [0, 0.1) is 11.8 Å². The van der Waals surface area contributed by atoms with E-state index in [4.69, 9.17) is 10.5 Å². The molecular weight excluding hydrogens is 226 g/mol. The van der Waals surface area contributed by atoms with E-state index in [1.54, 1.807) is 0 Å². The average molecular weight is 245 g/mol. The van der Waals surface area contributed by atoms with Gasteiger partial charge < -0.3 is 10.5 Å². The van der Waals surface area contributed by atoms with Gasteiger partial charge in [0.05, 0.1) is 6.61 Å². The number of hydrogen-bond acceptors (Lipinski definition) is 2. The predicted molar refractivity (Wildman–Crippen MR) is 69.5 cm³/mol. The van der Waals surface area contributed by atoms with Crippen molar-refractivity contribution in [1.29, 1.82) is 0 Å². The molecule has 3 atom stereocenters. The minimum atomic E-state index is -0.177. The number of nitrogens with two attached hydrogens (primary N) is 1. The quantitative estimate of drug-likeness (QED) is 0.887. The summed E-state index contributed by atoms with van der Waals surface area (Å²) in [6, 6.07) is 6.29. The van der Waals surface area contributed by atoms with Crippen LogP contribution in [0.1, 0.15) is 36.8 Å². The molecule has 0 saturated heterocycles. The molecular formula is C15H19NO2. The fourth-order valence-electron chi connectivity index (χ4n) is 3.10. The summed E-state index contributed by atoms with van der Waals surface area (Å²) in [6.45, 7) is 2.77. The lowest BCUT2D eigenvalue weighted by atomic mass is 9.93. The molecule has 1 aromatic carbocycles. The highest BCUT2D eigenvalue weighted by atomic mass is 16.5. The van der Waals surface area contributed by atoms with E-state index < -0.39 is 0 Å². The Kier molecular flexibility index (Phi) is 2.77. The van der Waals surface area contributed by atoms with E-state index in [1.165, 1.54) is 11.1 Å². The average Bonchev–Trinajstić information content (AvgIpc) is 3.17. The van der Waals surface area contributed by atoms with Gasteiger partial charge in [-0.15, -0.1) is 0 Å². The molecule has 3 unspecified atom stereocenters. The number of hydrogen-bond donors (Lipinski definition) is 1. The van der Waals surface area contributed by atoms with E-state index in [0.29, 0.717) is 11.8 Å². The summed E-state index contributed by atoms with van der Waals surface area (Å²) in [7, 11) is 0. The number of fused-ring (bicyclic) bond motifs is 1. The topological polar surface area (TPSA) is 52.3 Å². The van der Waals surface area contributed by atoms with Crippen LogP contribution in [0.3, 0.4) is 0 Å². The van der Waals surface area contributed by atoms with Crippen molar-refractivity contribution in [2.75, 3.05) is 6.61 Å². The molecule has 2 aliphatic rings. The molecule has 1 heterocycles. The van der Waals surface area contributed by atoms with Crippen molar-refractivity contribution < 1.29 is 9.53 Å². The van der Waals surface area contributed by atoms with Gasteiger partial charge in [0.25, 0.3) is 0 Å². The smallest absolute Gasteiger partial charge is 0.220 e.